The topological polar surface area (TPSA) is 21.3 Å². The maximum absolute atomic E-state index is 12.2. The van der Waals surface area contributed by atoms with Crippen LogP contribution in [0.1, 0.15) is 39.0 Å². The highest BCUT2D eigenvalue weighted by molar-refractivity contribution is 5.56. The summed E-state index contributed by atoms with van der Waals surface area (Å²) in [5.41, 5.74) is 0.633. The second-order valence-corrected chi connectivity index (χ2v) is 4.22. The van der Waals surface area contributed by atoms with Crippen LogP contribution in [0.4, 0.5) is 14.5 Å². The van der Waals surface area contributed by atoms with Crippen molar-refractivity contribution in [2.75, 3.05) is 11.9 Å². The molecule has 0 aliphatic rings. The Kier molecular flexibility index (Phi) is 7.14. The molecule has 1 N–H and O–H groups in total. The van der Waals surface area contributed by atoms with Crippen LogP contribution in [0, 0.1) is 0 Å². The van der Waals surface area contributed by atoms with Crippen LogP contribution in [0.2, 0.25) is 0 Å². The summed E-state index contributed by atoms with van der Waals surface area (Å²) in [4.78, 5) is 0. The Hall–Kier alpha value is -1.32. The second-order valence-electron chi connectivity index (χ2n) is 4.22. The average molecular weight is 257 g/mol. The number of para-hydroxylation sites is 2. The SMILES string of the molecule is CCCCCCCNc1ccccc1OC(F)F. The number of alkyl halides is 2. The highest BCUT2D eigenvalue weighted by Gasteiger charge is 2.08. The maximum Gasteiger partial charge on any atom is 0.387 e. The van der Waals surface area contributed by atoms with E-state index in [0.717, 1.165) is 13.0 Å². The Labute approximate surface area is 107 Å². The Morgan fingerprint density at radius 1 is 1.11 bits per heavy atom. The van der Waals surface area contributed by atoms with Crippen LogP contribution in [-0.2, 0) is 0 Å². The van der Waals surface area contributed by atoms with E-state index < -0.39 is 6.61 Å². The normalized spacial score (nSPS) is 10.7. The van der Waals surface area contributed by atoms with Gasteiger partial charge in [-0.2, -0.15) is 8.78 Å². The Balaban J connectivity index is 2.32. The Bertz CT molecular complexity index is 331. The van der Waals surface area contributed by atoms with Crippen LogP contribution in [0.15, 0.2) is 24.3 Å². The quantitative estimate of drug-likeness (QED) is 0.649. The van der Waals surface area contributed by atoms with Gasteiger partial charge in [-0.25, -0.2) is 0 Å². The van der Waals surface area contributed by atoms with E-state index in [-0.39, 0.29) is 5.75 Å². The maximum atomic E-state index is 12.2. The van der Waals surface area contributed by atoms with Crippen LogP contribution in [0.5, 0.6) is 5.75 Å². The third-order valence-corrected chi connectivity index (χ3v) is 2.70. The first-order chi connectivity index (χ1) is 8.74. The molecule has 0 spiro atoms. The minimum Gasteiger partial charge on any atom is -0.433 e. The van der Waals surface area contributed by atoms with E-state index in [9.17, 15) is 8.78 Å². The Morgan fingerprint density at radius 3 is 2.56 bits per heavy atom. The lowest BCUT2D eigenvalue weighted by Gasteiger charge is -2.12. The van der Waals surface area contributed by atoms with Gasteiger partial charge in [-0.1, -0.05) is 44.7 Å². The van der Waals surface area contributed by atoms with E-state index in [1.807, 2.05) is 0 Å². The molecule has 4 heteroatoms. The van der Waals surface area contributed by atoms with Gasteiger partial charge in [0.15, 0.2) is 0 Å². The number of benzene rings is 1. The molecule has 0 amide bonds. The largest absolute Gasteiger partial charge is 0.433 e. The first-order valence-corrected chi connectivity index (χ1v) is 6.51. The minimum absolute atomic E-state index is 0.209. The van der Waals surface area contributed by atoms with Crippen LogP contribution in [-0.4, -0.2) is 13.2 Å². The first-order valence-electron chi connectivity index (χ1n) is 6.51. The van der Waals surface area contributed by atoms with Gasteiger partial charge in [0.05, 0.1) is 5.69 Å². The summed E-state index contributed by atoms with van der Waals surface area (Å²) in [7, 11) is 0. The zero-order valence-corrected chi connectivity index (χ0v) is 10.8. The number of nitrogens with one attached hydrogen (secondary N) is 1. The van der Waals surface area contributed by atoms with Crippen molar-refractivity contribution in [3.8, 4) is 5.75 Å². The van der Waals surface area contributed by atoms with E-state index in [0.29, 0.717) is 5.69 Å². The number of hydrogen-bond acceptors (Lipinski definition) is 2. The smallest absolute Gasteiger partial charge is 0.387 e. The van der Waals surface area contributed by atoms with Crippen LogP contribution >= 0.6 is 0 Å². The average Bonchev–Trinajstić information content (AvgIpc) is 2.35. The fourth-order valence-electron chi connectivity index (χ4n) is 1.76. The Morgan fingerprint density at radius 2 is 1.83 bits per heavy atom. The van der Waals surface area contributed by atoms with E-state index in [1.165, 1.54) is 25.7 Å². The van der Waals surface area contributed by atoms with Gasteiger partial charge < -0.3 is 10.1 Å². The first kappa shape index (κ1) is 14.7. The molecule has 1 rings (SSSR count). The van der Waals surface area contributed by atoms with Crippen LogP contribution in [0.25, 0.3) is 0 Å². The van der Waals surface area contributed by atoms with E-state index in [4.69, 9.17) is 0 Å². The molecule has 0 saturated heterocycles. The summed E-state index contributed by atoms with van der Waals surface area (Å²) in [5.74, 6) is 0.209. The molecule has 0 atom stereocenters. The van der Waals surface area contributed by atoms with Crippen LogP contribution < -0.4 is 10.1 Å². The van der Waals surface area contributed by atoms with Crippen molar-refractivity contribution in [2.24, 2.45) is 0 Å². The van der Waals surface area contributed by atoms with Gasteiger partial charge >= 0.3 is 6.61 Å². The molecule has 1 aromatic carbocycles. The van der Waals surface area contributed by atoms with E-state index in [1.54, 1.807) is 24.3 Å². The summed E-state index contributed by atoms with van der Waals surface area (Å²) >= 11 is 0. The molecule has 0 aromatic heterocycles. The van der Waals surface area contributed by atoms with Crippen molar-refractivity contribution in [3.05, 3.63) is 24.3 Å². The molecular formula is C14H21F2NO. The summed E-state index contributed by atoms with van der Waals surface area (Å²) in [6.07, 6.45) is 5.92. The lowest BCUT2D eigenvalue weighted by molar-refractivity contribution is -0.0493. The number of ether oxygens (including phenoxy) is 1. The molecule has 18 heavy (non-hydrogen) atoms. The highest BCUT2D eigenvalue weighted by Crippen LogP contribution is 2.25. The summed E-state index contributed by atoms with van der Waals surface area (Å²) in [6, 6.07) is 6.79. The van der Waals surface area contributed by atoms with E-state index >= 15 is 0 Å². The highest BCUT2D eigenvalue weighted by atomic mass is 19.3. The third kappa shape index (κ3) is 5.84. The van der Waals surface area contributed by atoms with Crippen LogP contribution in [0.3, 0.4) is 0 Å². The van der Waals surface area contributed by atoms with Crippen molar-refractivity contribution in [3.63, 3.8) is 0 Å². The standard InChI is InChI=1S/C14H21F2NO/c1-2-3-4-5-8-11-17-12-9-6-7-10-13(12)18-14(15)16/h6-7,9-10,14,17H,2-5,8,11H2,1H3. The molecular weight excluding hydrogens is 236 g/mol. The number of rotatable bonds is 9. The second kappa shape index (κ2) is 8.72. The number of hydrogen-bond donors (Lipinski definition) is 1. The van der Waals surface area contributed by atoms with Crippen molar-refractivity contribution in [1.29, 1.82) is 0 Å². The fourth-order valence-corrected chi connectivity index (χ4v) is 1.76. The predicted octanol–water partition coefficient (Wildman–Crippen LogP) is 4.67. The van der Waals surface area contributed by atoms with Crippen molar-refractivity contribution >= 4 is 5.69 Å². The van der Waals surface area contributed by atoms with E-state index in [2.05, 4.69) is 17.0 Å². The molecule has 0 radical (unpaired) electrons. The summed E-state index contributed by atoms with van der Waals surface area (Å²) in [6.45, 7) is 0.182. The van der Waals surface area contributed by atoms with Gasteiger partial charge in [-0.15, -0.1) is 0 Å². The molecule has 102 valence electrons. The van der Waals surface area contributed by atoms with Crippen molar-refractivity contribution < 1.29 is 13.5 Å². The monoisotopic (exact) mass is 257 g/mol. The fraction of sp³-hybridized carbons (Fsp3) is 0.571. The van der Waals surface area contributed by atoms with Gasteiger partial charge in [0.1, 0.15) is 5.75 Å². The third-order valence-electron chi connectivity index (χ3n) is 2.70. The summed E-state index contributed by atoms with van der Waals surface area (Å²) in [5, 5.41) is 3.14. The number of unbranched alkanes of at least 4 members (excludes halogenated alkanes) is 4. The molecule has 0 saturated carbocycles. The van der Waals surface area contributed by atoms with Crippen molar-refractivity contribution in [2.45, 2.75) is 45.6 Å². The van der Waals surface area contributed by atoms with Gasteiger partial charge in [-0.05, 0) is 18.6 Å². The molecule has 0 unspecified atom stereocenters. The molecule has 0 heterocycles. The molecule has 0 aliphatic carbocycles. The number of halogens is 2. The van der Waals surface area contributed by atoms with Gasteiger partial charge in [0.2, 0.25) is 0 Å². The lowest BCUT2D eigenvalue weighted by Crippen LogP contribution is -2.07. The molecule has 0 fully saturated rings. The molecule has 1 aromatic rings. The molecule has 2 nitrogen and oxygen atoms in total. The molecule has 0 bridgehead atoms. The molecule has 0 aliphatic heterocycles. The van der Waals surface area contributed by atoms with Gasteiger partial charge in [0.25, 0.3) is 0 Å². The van der Waals surface area contributed by atoms with Gasteiger partial charge in [-0.3, -0.25) is 0 Å². The number of anilines is 1. The lowest BCUT2D eigenvalue weighted by atomic mass is 10.1. The zero-order chi connectivity index (χ0) is 13.2. The van der Waals surface area contributed by atoms with Crippen molar-refractivity contribution in [1.82, 2.24) is 0 Å². The summed E-state index contributed by atoms with van der Waals surface area (Å²) < 4.78 is 28.8. The zero-order valence-electron chi connectivity index (χ0n) is 10.8. The minimum atomic E-state index is -2.78. The predicted molar refractivity (Wildman–Crippen MR) is 70.3 cm³/mol. The van der Waals surface area contributed by atoms with Gasteiger partial charge in [0, 0.05) is 6.54 Å².